The maximum absolute atomic E-state index is 11.0. The molecule has 0 aliphatic heterocycles. The molecule has 2 aromatic carbocycles. The normalized spacial score (nSPS) is 12.7. The maximum atomic E-state index is 11.0. The van der Waals surface area contributed by atoms with Gasteiger partial charge in [0, 0.05) is 22.5 Å². The molecule has 0 amide bonds. The van der Waals surface area contributed by atoms with Crippen LogP contribution in [0, 0.1) is 0 Å². The number of benzene rings is 2. The van der Waals surface area contributed by atoms with Crippen molar-refractivity contribution in [2.45, 2.75) is 20.0 Å². The molecule has 3 rings (SSSR count). The molecule has 0 saturated carbocycles. The monoisotopic (exact) mass is 456 g/mol. The number of fused-ring (bicyclic) bond motifs is 1. The molecular weight excluding hydrogens is 438 g/mol. The molecular formula is C21H20Cl4N2O. The van der Waals surface area contributed by atoms with Gasteiger partial charge in [0.2, 0.25) is 0 Å². The largest absolute Gasteiger partial charge is 0.387 e. The number of aromatic nitrogens is 1. The highest BCUT2D eigenvalue weighted by molar-refractivity contribution is 6.42. The molecule has 7 heteroatoms. The van der Waals surface area contributed by atoms with Crippen LogP contribution in [0.3, 0.4) is 0 Å². The van der Waals surface area contributed by atoms with Crippen LogP contribution in [0.4, 0.5) is 0 Å². The van der Waals surface area contributed by atoms with Gasteiger partial charge in [-0.2, -0.15) is 0 Å². The third-order valence-corrected chi connectivity index (χ3v) is 6.01. The van der Waals surface area contributed by atoms with Gasteiger partial charge in [-0.05, 0) is 49.0 Å². The molecule has 0 aliphatic rings. The van der Waals surface area contributed by atoms with Crippen LogP contribution >= 0.6 is 46.4 Å². The van der Waals surface area contributed by atoms with Crippen molar-refractivity contribution in [1.82, 2.24) is 9.88 Å². The highest BCUT2D eigenvalue weighted by Crippen LogP contribution is 2.36. The number of pyridine rings is 1. The van der Waals surface area contributed by atoms with Gasteiger partial charge in [-0.3, -0.25) is 0 Å². The van der Waals surface area contributed by atoms with Gasteiger partial charge < -0.3 is 10.0 Å². The van der Waals surface area contributed by atoms with Crippen LogP contribution in [0.1, 0.15) is 25.5 Å². The minimum Gasteiger partial charge on any atom is -0.387 e. The minimum atomic E-state index is -0.721. The molecule has 1 heterocycles. The molecule has 0 radical (unpaired) electrons. The van der Waals surface area contributed by atoms with E-state index < -0.39 is 6.10 Å². The summed E-state index contributed by atoms with van der Waals surface area (Å²) in [6.07, 6.45) is -0.721. The summed E-state index contributed by atoms with van der Waals surface area (Å²) in [5.74, 6) is 0. The van der Waals surface area contributed by atoms with E-state index in [2.05, 4.69) is 18.7 Å². The third kappa shape index (κ3) is 4.56. The van der Waals surface area contributed by atoms with Gasteiger partial charge in [-0.1, -0.05) is 66.3 Å². The average molecular weight is 458 g/mol. The molecule has 148 valence electrons. The Morgan fingerprint density at radius 3 is 2.29 bits per heavy atom. The van der Waals surface area contributed by atoms with Crippen LogP contribution in [0.15, 0.2) is 36.4 Å². The Hall–Kier alpha value is -1.07. The lowest BCUT2D eigenvalue weighted by Gasteiger charge is -2.23. The predicted molar refractivity (Wildman–Crippen MR) is 120 cm³/mol. The second-order valence-corrected chi connectivity index (χ2v) is 8.17. The molecule has 1 aromatic heterocycles. The quantitative estimate of drug-likeness (QED) is 0.437. The molecule has 0 bridgehead atoms. The summed E-state index contributed by atoms with van der Waals surface area (Å²) in [7, 11) is 0. The first-order valence-corrected chi connectivity index (χ1v) is 10.5. The van der Waals surface area contributed by atoms with Gasteiger partial charge >= 0.3 is 0 Å². The van der Waals surface area contributed by atoms with E-state index in [4.69, 9.17) is 51.4 Å². The first kappa shape index (κ1) is 21.6. The molecule has 0 spiro atoms. The van der Waals surface area contributed by atoms with Gasteiger partial charge in [0.05, 0.1) is 32.4 Å². The number of hydrogen-bond acceptors (Lipinski definition) is 3. The number of hydrogen-bond donors (Lipinski definition) is 1. The predicted octanol–water partition coefficient (Wildman–Crippen LogP) is 6.89. The van der Waals surface area contributed by atoms with E-state index >= 15 is 0 Å². The van der Waals surface area contributed by atoms with Gasteiger partial charge in [0.15, 0.2) is 0 Å². The van der Waals surface area contributed by atoms with Crippen LogP contribution in [0.25, 0.3) is 22.2 Å². The lowest BCUT2D eigenvalue weighted by molar-refractivity contribution is 0.120. The number of nitrogens with zero attached hydrogens (tertiary/aromatic N) is 2. The Morgan fingerprint density at radius 1 is 0.929 bits per heavy atom. The fourth-order valence-electron chi connectivity index (χ4n) is 3.18. The number of halogens is 4. The van der Waals surface area contributed by atoms with E-state index in [1.165, 1.54) is 0 Å². The molecule has 3 aromatic rings. The summed E-state index contributed by atoms with van der Waals surface area (Å²) in [5.41, 5.74) is 2.76. The minimum absolute atomic E-state index is 0.431. The summed E-state index contributed by atoms with van der Waals surface area (Å²) >= 11 is 24.9. The highest BCUT2D eigenvalue weighted by Gasteiger charge is 2.19. The van der Waals surface area contributed by atoms with Crippen LogP contribution in [0.5, 0.6) is 0 Å². The molecule has 1 unspecified atom stereocenters. The Labute approximate surface area is 184 Å². The second kappa shape index (κ2) is 9.17. The van der Waals surface area contributed by atoms with E-state index in [0.717, 1.165) is 29.6 Å². The van der Waals surface area contributed by atoms with Crippen LogP contribution in [0.2, 0.25) is 20.1 Å². The van der Waals surface area contributed by atoms with Gasteiger partial charge in [0.25, 0.3) is 0 Å². The van der Waals surface area contributed by atoms with Crippen molar-refractivity contribution in [3.05, 3.63) is 62.1 Å². The van der Waals surface area contributed by atoms with E-state index in [9.17, 15) is 5.11 Å². The molecule has 28 heavy (non-hydrogen) atoms. The van der Waals surface area contributed by atoms with Crippen LogP contribution < -0.4 is 0 Å². The molecule has 0 saturated heterocycles. The zero-order valence-corrected chi connectivity index (χ0v) is 18.5. The molecule has 1 atom stereocenters. The zero-order valence-electron chi connectivity index (χ0n) is 15.5. The molecule has 3 nitrogen and oxygen atoms in total. The van der Waals surface area contributed by atoms with Gasteiger partial charge in [-0.15, -0.1) is 0 Å². The van der Waals surface area contributed by atoms with Crippen molar-refractivity contribution in [1.29, 1.82) is 0 Å². The van der Waals surface area contributed by atoms with Gasteiger partial charge in [0.1, 0.15) is 0 Å². The number of likely N-dealkylation sites (N-methyl/N-ethyl adjacent to an activating group) is 1. The Kier molecular flexibility index (Phi) is 7.08. The third-order valence-electron chi connectivity index (χ3n) is 4.76. The van der Waals surface area contributed by atoms with E-state index in [1.807, 2.05) is 12.1 Å². The van der Waals surface area contributed by atoms with Crippen LogP contribution in [-0.4, -0.2) is 34.6 Å². The second-order valence-electron chi connectivity index (χ2n) is 6.51. The van der Waals surface area contributed by atoms with Crippen LogP contribution in [-0.2, 0) is 0 Å². The van der Waals surface area contributed by atoms with Gasteiger partial charge in [-0.25, -0.2) is 4.98 Å². The lowest BCUT2D eigenvalue weighted by atomic mass is 9.99. The number of rotatable bonds is 6. The van der Waals surface area contributed by atoms with E-state index in [1.54, 1.807) is 24.3 Å². The number of aliphatic hydroxyl groups excluding tert-OH is 1. The summed E-state index contributed by atoms with van der Waals surface area (Å²) in [6.45, 7) is 6.32. The average Bonchev–Trinajstić information content (AvgIpc) is 2.67. The van der Waals surface area contributed by atoms with Crippen molar-refractivity contribution in [2.75, 3.05) is 19.6 Å². The standard InChI is InChI=1S/C21H20Cl4N2O/c1-3-27(4-2)11-20(28)14-10-19(12-5-6-16(23)17(24)7-12)26-21-15(14)8-13(22)9-18(21)25/h5-10,20,28H,3-4,11H2,1-2H3. The zero-order chi connectivity index (χ0) is 20.4. The summed E-state index contributed by atoms with van der Waals surface area (Å²) in [4.78, 5) is 6.86. The summed E-state index contributed by atoms with van der Waals surface area (Å²) < 4.78 is 0. The van der Waals surface area contributed by atoms with Crippen molar-refractivity contribution in [2.24, 2.45) is 0 Å². The fraction of sp³-hybridized carbons (Fsp3) is 0.286. The highest BCUT2D eigenvalue weighted by atomic mass is 35.5. The lowest BCUT2D eigenvalue weighted by Crippen LogP contribution is -2.28. The first-order chi connectivity index (χ1) is 13.3. The number of aliphatic hydroxyl groups is 1. The van der Waals surface area contributed by atoms with E-state index in [0.29, 0.717) is 37.8 Å². The van der Waals surface area contributed by atoms with Crippen molar-refractivity contribution in [3.63, 3.8) is 0 Å². The Bertz CT molecular complexity index is 1010. The fourth-order valence-corrected chi connectivity index (χ4v) is 4.01. The first-order valence-electron chi connectivity index (χ1n) is 8.99. The van der Waals surface area contributed by atoms with Crippen molar-refractivity contribution >= 4 is 57.3 Å². The maximum Gasteiger partial charge on any atom is 0.0924 e. The van der Waals surface area contributed by atoms with Crippen molar-refractivity contribution in [3.8, 4) is 11.3 Å². The molecule has 0 aliphatic carbocycles. The molecule has 0 fully saturated rings. The Balaban J connectivity index is 2.20. The summed E-state index contributed by atoms with van der Waals surface area (Å²) in [5, 5.41) is 13.6. The van der Waals surface area contributed by atoms with Crippen molar-refractivity contribution < 1.29 is 5.11 Å². The van der Waals surface area contributed by atoms with E-state index in [-0.39, 0.29) is 0 Å². The molecule has 1 N–H and O–H groups in total. The summed E-state index contributed by atoms with van der Waals surface area (Å²) in [6, 6.07) is 10.6. The Morgan fingerprint density at radius 2 is 1.64 bits per heavy atom. The topological polar surface area (TPSA) is 36.4 Å². The smallest absolute Gasteiger partial charge is 0.0924 e. The SMILES string of the molecule is CCN(CC)CC(O)c1cc(-c2ccc(Cl)c(Cl)c2)nc2c(Cl)cc(Cl)cc12.